The van der Waals surface area contributed by atoms with Crippen LogP contribution < -0.4 is 0 Å². The lowest BCUT2D eigenvalue weighted by Crippen LogP contribution is -2.09. The molecule has 0 heterocycles. The van der Waals surface area contributed by atoms with Gasteiger partial charge in [0, 0.05) is 35.5 Å². The molecular weight excluding hydrogens is 372 g/mol. The molecule has 3 heteroatoms. The summed E-state index contributed by atoms with van der Waals surface area (Å²) in [5.41, 5.74) is 3.50. The molecule has 0 spiro atoms. The van der Waals surface area contributed by atoms with Crippen LogP contribution in [0.3, 0.4) is 0 Å². The maximum Gasteiger partial charge on any atom is 0.167 e. The third-order valence-corrected chi connectivity index (χ3v) is 5.48. The average molecular weight is 413 g/mol. The van der Waals surface area contributed by atoms with Crippen molar-refractivity contribution < 1.29 is 18.7 Å². The molecule has 0 atom stereocenters. The highest BCUT2D eigenvalue weighted by Crippen LogP contribution is 2.28. The molecule has 1 aliphatic rings. The Morgan fingerprint density at radius 1 is 0.833 bits per heavy atom. The van der Waals surface area contributed by atoms with Crippen molar-refractivity contribution in [3.8, 4) is 0 Å². The molecule has 3 rings (SSSR count). The fourth-order valence-corrected chi connectivity index (χ4v) is 4.07. The Morgan fingerprint density at radius 3 is 2.03 bits per heavy atom. The van der Waals surface area contributed by atoms with Crippen molar-refractivity contribution in [2.45, 2.75) is 72.1 Å². The van der Waals surface area contributed by atoms with Crippen LogP contribution in [0.25, 0.3) is 0 Å². The van der Waals surface area contributed by atoms with E-state index in [-0.39, 0.29) is 15.8 Å². The first-order valence-electron chi connectivity index (χ1n) is 11.2. The fourth-order valence-electron chi connectivity index (χ4n) is 4.07. The minimum Gasteiger partial charge on any atom is -0.300 e. The van der Waals surface area contributed by atoms with E-state index < -0.39 is 0 Å². The van der Waals surface area contributed by atoms with Gasteiger partial charge in [0.1, 0.15) is 11.6 Å². The molecule has 0 aromatic heterocycles. The first kappa shape index (κ1) is 23.7. The van der Waals surface area contributed by atoms with E-state index in [2.05, 4.69) is 0 Å². The van der Waals surface area contributed by atoms with E-state index in [1.165, 1.54) is 25.7 Å². The van der Waals surface area contributed by atoms with Crippen molar-refractivity contribution >= 4 is 17.3 Å². The largest absolute Gasteiger partial charge is 0.300 e. The molecule has 0 aliphatic heterocycles. The summed E-state index contributed by atoms with van der Waals surface area (Å²) in [4.78, 5) is 36.1. The van der Waals surface area contributed by atoms with Crippen molar-refractivity contribution in [3.63, 3.8) is 0 Å². The summed E-state index contributed by atoms with van der Waals surface area (Å²) in [6.07, 6.45) is 6.74. The van der Waals surface area contributed by atoms with Gasteiger partial charge in [0.2, 0.25) is 0 Å². The van der Waals surface area contributed by atoms with Gasteiger partial charge in [-0.05, 0) is 29.5 Å². The first-order valence-corrected chi connectivity index (χ1v) is 11.2. The number of ketones is 3. The number of hydrogen-bond acceptors (Lipinski definition) is 3. The minimum absolute atomic E-state index is 0. The Balaban J connectivity index is 0. The third kappa shape index (κ3) is 7.70. The summed E-state index contributed by atoms with van der Waals surface area (Å²) in [5, 5.41) is 0. The molecule has 30 heavy (non-hydrogen) atoms. The first-order chi connectivity index (χ1) is 14.5. The van der Waals surface area contributed by atoms with E-state index in [4.69, 9.17) is 0 Å². The van der Waals surface area contributed by atoms with Gasteiger partial charge in [0.05, 0.1) is 0 Å². The summed E-state index contributed by atoms with van der Waals surface area (Å²) in [6.45, 7) is 5.56. The van der Waals surface area contributed by atoms with Crippen LogP contribution in [0.15, 0.2) is 48.5 Å². The number of rotatable bonds is 9. The lowest BCUT2D eigenvalue weighted by Gasteiger charge is -2.09. The Morgan fingerprint density at radius 2 is 1.43 bits per heavy atom. The van der Waals surface area contributed by atoms with Crippen LogP contribution in [-0.2, 0) is 28.9 Å². The molecule has 0 amide bonds. The second-order valence-electron chi connectivity index (χ2n) is 8.07. The van der Waals surface area contributed by atoms with Crippen molar-refractivity contribution in [1.82, 2.24) is 0 Å². The zero-order chi connectivity index (χ0) is 21.9. The summed E-state index contributed by atoms with van der Waals surface area (Å²) < 4.78 is 0. The molecule has 1 fully saturated rings. The van der Waals surface area contributed by atoms with Crippen LogP contribution in [0.2, 0.25) is 0 Å². The Bertz CT molecular complexity index is 857. The summed E-state index contributed by atoms with van der Waals surface area (Å²) in [6, 6.07) is 15.1. The zero-order valence-corrected chi connectivity index (χ0v) is 18.6. The van der Waals surface area contributed by atoms with Crippen molar-refractivity contribution in [2.24, 2.45) is 5.92 Å². The van der Waals surface area contributed by atoms with E-state index in [0.717, 1.165) is 16.7 Å². The number of benzene rings is 2. The van der Waals surface area contributed by atoms with E-state index in [0.29, 0.717) is 42.9 Å². The van der Waals surface area contributed by atoms with Crippen LogP contribution in [0.1, 0.15) is 84.2 Å². The Labute approximate surface area is 185 Å². The molecule has 0 radical (unpaired) electrons. The summed E-state index contributed by atoms with van der Waals surface area (Å²) in [7, 11) is 0. The van der Waals surface area contributed by atoms with Gasteiger partial charge in [-0.2, -0.15) is 0 Å². The fraction of sp³-hybridized carbons (Fsp3) is 0.444. The van der Waals surface area contributed by atoms with E-state index in [1.54, 1.807) is 19.1 Å². The van der Waals surface area contributed by atoms with E-state index in [1.807, 2.05) is 50.2 Å². The second kappa shape index (κ2) is 12.2. The molecular formula is C27H40O3. The standard InChI is InChI=1S/C25H28O3.C2H6.3H2/c1-18(26)13-20-9-11-23(12-10-20)25(28)17-22-8-4-7-21(14-22)16-24(27)15-19-5-2-3-6-19;1-2;;;/h4,7-12,14,19H,2-3,5-6,13,15-17H2,1H3;1-2H3;3*1H. The SMILES string of the molecule is CC.CC(=O)Cc1ccc(C(=O)Cc2cccc(CC(=O)CC3CCCC3)c2)cc1.[HH].[HH].[HH]. The van der Waals surface area contributed by atoms with E-state index in [9.17, 15) is 14.4 Å². The minimum atomic E-state index is 0. The molecule has 1 aliphatic carbocycles. The summed E-state index contributed by atoms with van der Waals surface area (Å²) >= 11 is 0. The van der Waals surface area contributed by atoms with Crippen LogP contribution in [0.5, 0.6) is 0 Å². The predicted octanol–water partition coefficient (Wildman–Crippen LogP) is 6.70. The number of Topliss-reactive ketones (excluding diaryl/α,β-unsaturated/α-hetero) is 3. The maximum absolute atomic E-state index is 12.6. The average Bonchev–Trinajstić information content (AvgIpc) is 3.22. The molecule has 166 valence electrons. The van der Waals surface area contributed by atoms with Gasteiger partial charge < -0.3 is 0 Å². The predicted molar refractivity (Wildman–Crippen MR) is 128 cm³/mol. The maximum atomic E-state index is 12.6. The highest BCUT2D eigenvalue weighted by molar-refractivity contribution is 5.97. The molecule has 2 aromatic carbocycles. The van der Waals surface area contributed by atoms with Gasteiger partial charge >= 0.3 is 0 Å². The van der Waals surface area contributed by atoms with Crippen LogP contribution in [0, 0.1) is 5.92 Å². The monoisotopic (exact) mass is 412 g/mol. The lowest BCUT2D eigenvalue weighted by molar-refractivity contribution is -0.119. The normalized spacial score (nSPS) is 13.4. The molecule has 0 saturated heterocycles. The van der Waals surface area contributed by atoms with Crippen LogP contribution >= 0.6 is 0 Å². The lowest BCUT2D eigenvalue weighted by atomic mass is 9.95. The van der Waals surface area contributed by atoms with E-state index >= 15 is 0 Å². The van der Waals surface area contributed by atoms with Crippen molar-refractivity contribution in [3.05, 3.63) is 70.8 Å². The van der Waals surface area contributed by atoms with Crippen LogP contribution in [0.4, 0.5) is 0 Å². The third-order valence-electron chi connectivity index (χ3n) is 5.48. The quantitative estimate of drug-likeness (QED) is 0.431. The zero-order valence-electron chi connectivity index (χ0n) is 18.6. The number of carbonyl (C=O) groups excluding carboxylic acids is 3. The van der Waals surface area contributed by atoms with Gasteiger partial charge in [-0.15, -0.1) is 0 Å². The van der Waals surface area contributed by atoms with Gasteiger partial charge in [0.25, 0.3) is 0 Å². The highest BCUT2D eigenvalue weighted by atomic mass is 16.1. The van der Waals surface area contributed by atoms with Gasteiger partial charge in [0.15, 0.2) is 5.78 Å². The Kier molecular flexibility index (Phi) is 9.66. The molecule has 3 nitrogen and oxygen atoms in total. The van der Waals surface area contributed by atoms with Gasteiger partial charge in [-0.3, -0.25) is 14.4 Å². The molecule has 2 aromatic rings. The van der Waals surface area contributed by atoms with Crippen LogP contribution in [-0.4, -0.2) is 17.3 Å². The van der Waals surface area contributed by atoms with Crippen molar-refractivity contribution in [1.29, 1.82) is 0 Å². The Hall–Kier alpha value is -2.55. The molecule has 0 unspecified atom stereocenters. The van der Waals surface area contributed by atoms with Crippen molar-refractivity contribution in [2.75, 3.05) is 0 Å². The molecule has 0 N–H and O–H groups in total. The highest BCUT2D eigenvalue weighted by Gasteiger charge is 2.18. The van der Waals surface area contributed by atoms with Gasteiger partial charge in [-0.1, -0.05) is 88.1 Å². The topological polar surface area (TPSA) is 51.2 Å². The smallest absolute Gasteiger partial charge is 0.167 e. The summed E-state index contributed by atoms with van der Waals surface area (Å²) in [5.74, 6) is 1.03. The molecule has 1 saturated carbocycles. The number of hydrogen-bond donors (Lipinski definition) is 0. The van der Waals surface area contributed by atoms with Gasteiger partial charge in [-0.25, -0.2) is 0 Å². The molecule has 0 bridgehead atoms. The second-order valence-corrected chi connectivity index (χ2v) is 8.07. The number of carbonyl (C=O) groups is 3.